The van der Waals surface area contributed by atoms with Gasteiger partial charge in [0.2, 0.25) is 0 Å². The lowest BCUT2D eigenvalue weighted by molar-refractivity contribution is -0.0391. The van der Waals surface area contributed by atoms with Gasteiger partial charge in [-0.25, -0.2) is 0 Å². The molecule has 1 saturated carbocycles. The van der Waals surface area contributed by atoms with Crippen LogP contribution in [0.25, 0.3) is 0 Å². The van der Waals surface area contributed by atoms with Crippen LogP contribution < -0.4 is 5.32 Å². The molecule has 0 saturated heterocycles. The molecular formula is C14H18N2O. The van der Waals surface area contributed by atoms with Crippen molar-refractivity contribution in [1.82, 2.24) is 5.32 Å². The average Bonchev–Trinajstić information content (AvgIpc) is 2.32. The Hall–Kier alpha value is -1.37. The first kappa shape index (κ1) is 12.1. The Morgan fingerprint density at radius 3 is 3.00 bits per heavy atom. The zero-order valence-corrected chi connectivity index (χ0v) is 10.1. The quantitative estimate of drug-likeness (QED) is 0.842. The number of nitriles is 1. The van der Waals surface area contributed by atoms with Crippen LogP contribution in [0.3, 0.4) is 0 Å². The lowest BCUT2D eigenvalue weighted by Gasteiger charge is -2.35. The summed E-state index contributed by atoms with van der Waals surface area (Å²) in [6, 6.07) is 9.76. The van der Waals surface area contributed by atoms with Crippen molar-refractivity contribution in [2.75, 3.05) is 13.6 Å². The number of hydrogen-bond acceptors (Lipinski definition) is 3. The topological polar surface area (TPSA) is 45.0 Å². The monoisotopic (exact) mass is 230 g/mol. The Labute approximate surface area is 102 Å². The van der Waals surface area contributed by atoms with Gasteiger partial charge in [0.05, 0.1) is 24.3 Å². The standard InChI is InChI=1S/C14H18N2O/c1-16-9-13-6-14(7-13)17-10-12-4-2-3-11(5-12)8-15/h2-5,13-14,16H,6-7,9-10H2,1H3. The highest BCUT2D eigenvalue weighted by atomic mass is 16.5. The molecule has 0 aliphatic heterocycles. The number of ether oxygens (including phenoxy) is 1. The lowest BCUT2D eigenvalue weighted by Crippen LogP contribution is -2.36. The minimum absolute atomic E-state index is 0.402. The zero-order valence-electron chi connectivity index (χ0n) is 10.1. The fraction of sp³-hybridized carbons (Fsp3) is 0.500. The van der Waals surface area contributed by atoms with Gasteiger partial charge in [-0.3, -0.25) is 0 Å². The fourth-order valence-electron chi connectivity index (χ4n) is 2.21. The zero-order chi connectivity index (χ0) is 12.1. The predicted octanol–water partition coefficient (Wildman–Crippen LogP) is 2.07. The Kier molecular flexibility index (Phi) is 4.13. The van der Waals surface area contributed by atoms with Crippen LogP contribution in [0.15, 0.2) is 24.3 Å². The van der Waals surface area contributed by atoms with E-state index in [0.717, 1.165) is 30.9 Å². The molecule has 1 N–H and O–H groups in total. The van der Waals surface area contributed by atoms with E-state index in [0.29, 0.717) is 18.3 Å². The first-order valence-electron chi connectivity index (χ1n) is 6.07. The van der Waals surface area contributed by atoms with E-state index in [1.807, 2.05) is 31.3 Å². The maximum atomic E-state index is 8.79. The van der Waals surface area contributed by atoms with Crippen LogP contribution >= 0.6 is 0 Å². The van der Waals surface area contributed by atoms with E-state index < -0.39 is 0 Å². The van der Waals surface area contributed by atoms with Gasteiger partial charge in [0.15, 0.2) is 0 Å². The second-order valence-electron chi connectivity index (χ2n) is 4.64. The van der Waals surface area contributed by atoms with Gasteiger partial charge in [0.25, 0.3) is 0 Å². The number of hydrogen-bond donors (Lipinski definition) is 1. The van der Waals surface area contributed by atoms with Crippen molar-refractivity contribution in [2.24, 2.45) is 5.92 Å². The molecule has 0 bridgehead atoms. The van der Waals surface area contributed by atoms with Crippen LogP contribution in [-0.4, -0.2) is 19.7 Å². The molecule has 90 valence electrons. The molecule has 1 aliphatic carbocycles. The van der Waals surface area contributed by atoms with E-state index in [2.05, 4.69) is 11.4 Å². The van der Waals surface area contributed by atoms with E-state index in [1.165, 1.54) is 0 Å². The number of nitrogens with zero attached hydrogens (tertiary/aromatic N) is 1. The first-order chi connectivity index (χ1) is 8.31. The third-order valence-electron chi connectivity index (χ3n) is 3.23. The molecule has 0 unspecified atom stereocenters. The smallest absolute Gasteiger partial charge is 0.0991 e. The van der Waals surface area contributed by atoms with Crippen LogP contribution in [0.5, 0.6) is 0 Å². The van der Waals surface area contributed by atoms with Crippen LogP contribution in [0, 0.1) is 17.2 Å². The van der Waals surface area contributed by atoms with E-state index >= 15 is 0 Å². The molecule has 0 amide bonds. The van der Waals surface area contributed by atoms with Crippen molar-refractivity contribution in [1.29, 1.82) is 5.26 Å². The van der Waals surface area contributed by atoms with Crippen LogP contribution in [0.2, 0.25) is 0 Å². The second kappa shape index (κ2) is 5.81. The molecule has 17 heavy (non-hydrogen) atoms. The van der Waals surface area contributed by atoms with Gasteiger partial charge in [-0.2, -0.15) is 5.26 Å². The lowest BCUT2D eigenvalue weighted by atomic mass is 9.82. The normalized spacial score (nSPS) is 22.8. The Morgan fingerprint density at radius 2 is 2.29 bits per heavy atom. The first-order valence-corrected chi connectivity index (χ1v) is 6.07. The molecule has 1 aromatic carbocycles. The molecule has 3 heteroatoms. The highest BCUT2D eigenvalue weighted by Gasteiger charge is 2.28. The Bertz CT molecular complexity index is 405. The summed E-state index contributed by atoms with van der Waals surface area (Å²) in [5, 5.41) is 12.0. The molecule has 0 atom stereocenters. The van der Waals surface area contributed by atoms with Crippen LogP contribution in [-0.2, 0) is 11.3 Å². The van der Waals surface area contributed by atoms with Crippen molar-refractivity contribution in [3.05, 3.63) is 35.4 Å². The Morgan fingerprint density at radius 1 is 1.47 bits per heavy atom. The van der Waals surface area contributed by atoms with Crippen molar-refractivity contribution in [3.63, 3.8) is 0 Å². The third kappa shape index (κ3) is 3.29. The van der Waals surface area contributed by atoms with Crippen molar-refractivity contribution < 1.29 is 4.74 Å². The van der Waals surface area contributed by atoms with Gasteiger partial charge in [-0.15, -0.1) is 0 Å². The molecule has 3 nitrogen and oxygen atoms in total. The van der Waals surface area contributed by atoms with E-state index in [1.54, 1.807) is 0 Å². The molecule has 0 aromatic heterocycles. The summed E-state index contributed by atoms with van der Waals surface area (Å²) in [6.45, 7) is 1.70. The van der Waals surface area contributed by atoms with Gasteiger partial charge in [0.1, 0.15) is 0 Å². The molecule has 2 rings (SSSR count). The minimum Gasteiger partial charge on any atom is -0.374 e. The average molecular weight is 230 g/mol. The summed E-state index contributed by atoms with van der Waals surface area (Å²) in [5.41, 5.74) is 1.79. The predicted molar refractivity (Wildman–Crippen MR) is 66.4 cm³/mol. The minimum atomic E-state index is 0.402. The molecule has 0 spiro atoms. The summed E-state index contributed by atoms with van der Waals surface area (Å²) in [7, 11) is 1.99. The maximum Gasteiger partial charge on any atom is 0.0991 e. The van der Waals surface area contributed by atoms with Crippen LogP contribution in [0.1, 0.15) is 24.0 Å². The number of rotatable bonds is 5. The second-order valence-corrected chi connectivity index (χ2v) is 4.64. The summed E-state index contributed by atoms with van der Waals surface area (Å²) < 4.78 is 5.80. The summed E-state index contributed by atoms with van der Waals surface area (Å²) in [6.07, 6.45) is 2.71. The molecule has 1 aromatic rings. The van der Waals surface area contributed by atoms with E-state index in [9.17, 15) is 0 Å². The Balaban J connectivity index is 1.74. The van der Waals surface area contributed by atoms with Crippen molar-refractivity contribution in [3.8, 4) is 6.07 Å². The molecule has 1 fully saturated rings. The van der Waals surface area contributed by atoms with Gasteiger partial charge < -0.3 is 10.1 Å². The van der Waals surface area contributed by atoms with E-state index in [4.69, 9.17) is 10.00 Å². The molecular weight excluding hydrogens is 212 g/mol. The summed E-state index contributed by atoms with van der Waals surface area (Å²) in [5.74, 6) is 0.774. The SMILES string of the molecule is CNCC1CC(OCc2cccc(C#N)c2)C1. The maximum absolute atomic E-state index is 8.79. The molecule has 0 heterocycles. The van der Waals surface area contributed by atoms with Crippen molar-refractivity contribution in [2.45, 2.75) is 25.6 Å². The summed E-state index contributed by atoms with van der Waals surface area (Å²) in [4.78, 5) is 0. The third-order valence-corrected chi connectivity index (χ3v) is 3.23. The fourth-order valence-corrected chi connectivity index (χ4v) is 2.21. The molecule has 0 radical (unpaired) electrons. The van der Waals surface area contributed by atoms with Gasteiger partial charge in [-0.1, -0.05) is 12.1 Å². The summed E-state index contributed by atoms with van der Waals surface area (Å²) >= 11 is 0. The van der Waals surface area contributed by atoms with Crippen molar-refractivity contribution >= 4 is 0 Å². The number of benzene rings is 1. The van der Waals surface area contributed by atoms with E-state index in [-0.39, 0.29) is 0 Å². The largest absolute Gasteiger partial charge is 0.374 e. The highest BCUT2D eigenvalue weighted by Crippen LogP contribution is 2.30. The highest BCUT2D eigenvalue weighted by molar-refractivity contribution is 5.32. The van der Waals surface area contributed by atoms with Gasteiger partial charge in [0, 0.05) is 0 Å². The van der Waals surface area contributed by atoms with Gasteiger partial charge in [-0.05, 0) is 50.0 Å². The number of nitrogens with one attached hydrogen (secondary N) is 1. The van der Waals surface area contributed by atoms with Crippen LogP contribution in [0.4, 0.5) is 0 Å². The molecule has 1 aliphatic rings. The van der Waals surface area contributed by atoms with Gasteiger partial charge >= 0.3 is 0 Å².